The van der Waals surface area contributed by atoms with Gasteiger partial charge in [-0.2, -0.15) is 0 Å². The fraction of sp³-hybridized carbons (Fsp3) is 0.364. The van der Waals surface area contributed by atoms with Crippen molar-refractivity contribution in [3.63, 3.8) is 0 Å². The van der Waals surface area contributed by atoms with Crippen LogP contribution in [0, 0.1) is 12.7 Å². The van der Waals surface area contributed by atoms with Gasteiger partial charge in [0.1, 0.15) is 5.82 Å². The Kier molecular flexibility index (Phi) is 3.98. The summed E-state index contributed by atoms with van der Waals surface area (Å²) in [4.78, 5) is 10.8. The van der Waals surface area contributed by atoms with Gasteiger partial charge >= 0.3 is 5.97 Å². The second-order valence-electron chi connectivity index (χ2n) is 3.55. The van der Waals surface area contributed by atoms with Crippen molar-refractivity contribution >= 4 is 5.97 Å². The molecule has 88 valence electrons. The molecule has 1 atom stereocenters. The van der Waals surface area contributed by atoms with Crippen molar-refractivity contribution in [3.05, 3.63) is 34.6 Å². The first kappa shape index (κ1) is 12.6. The van der Waals surface area contributed by atoms with Crippen LogP contribution < -0.4 is 5.32 Å². The zero-order valence-corrected chi connectivity index (χ0v) is 9.12. The molecule has 1 aromatic carbocycles. The first-order valence-electron chi connectivity index (χ1n) is 4.83. The molecule has 3 N–H and O–H groups in total. The number of nitrogens with one attached hydrogen (secondary N) is 1. The fourth-order valence-corrected chi connectivity index (χ4v) is 1.43. The molecule has 0 aromatic heterocycles. The molecule has 16 heavy (non-hydrogen) atoms. The fourth-order valence-electron chi connectivity index (χ4n) is 1.43. The van der Waals surface area contributed by atoms with Crippen LogP contribution >= 0.6 is 0 Å². The molecule has 0 bridgehead atoms. The van der Waals surface area contributed by atoms with E-state index in [1.165, 1.54) is 13.0 Å². The molecule has 0 amide bonds. The first-order chi connectivity index (χ1) is 7.47. The summed E-state index contributed by atoms with van der Waals surface area (Å²) in [6.45, 7) is 1.63. The largest absolute Gasteiger partial charge is 0.478 e. The molecule has 0 saturated carbocycles. The van der Waals surface area contributed by atoms with Gasteiger partial charge in [0.25, 0.3) is 0 Å². The second-order valence-corrected chi connectivity index (χ2v) is 3.55. The summed E-state index contributed by atoms with van der Waals surface area (Å²) in [6, 6.07) is 2.45. The van der Waals surface area contributed by atoms with Gasteiger partial charge in [-0.1, -0.05) is 0 Å². The predicted octanol–water partition coefficient (Wildman–Crippen LogP) is 1.09. The van der Waals surface area contributed by atoms with Crippen molar-refractivity contribution in [2.75, 3.05) is 13.6 Å². The van der Waals surface area contributed by atoms with Crippen LogP contribution in [0.4, 0.5) is 4.39 Å². The van der Waals surface area contributed by atoms with Crippen LogP contribution in [0.15, 0.2) is 12.1 Å². The summed E-state index contributed by atoms with van der Waals surface area (Å²) < 4.78 is 13.4. The Morgan fingerprint density at radius 3 is 2.69 bits per heavy atom. The second kappa shape index (κ2) is 5.05. The van der Waals surface area contributed by atoms with Crippen LogP contribution in [-0.4, -0.2) is 29.8 Å². The maximum Gasteiger partial charge on any atom is 0.336 e. The number of halogens is 1. The van der Waals surface area contributed by atoms with Crippen molar-refractivity contribution in [2.24, 2.45) is 0 Å². The Hall–Kier alpha value is -1.46. The van der Waals surface area contributed by atoms with Crippen molar-refractivity contribution < 1.29 is 19.4 Å². The molecule has 0 aliphatic heterocycles. The number of hydrogen-bond acceptors (Lipinski definition) is 3. The molecular weight excluding hydrogens is 213 g/mol. The zero-order valence-electron chi connectivity index (χ0n) is 9.12. The minimum Gasteiger partial charge on any atom is -0.478 e. The van der Waals surface area contributed by atoms with Crippen molar-refractivity contribution in [1.29, 1.82) is 0 Å². The highest BCUT2D eigenvalue weighted by molar-refractivity contribution is 5.89. The Balaban J connectivity index is 3.18. The third-order valence-electron chi connectivity index (χ3n) is 2.38. The maximum absolute atomic E-state index is 13.4. The van der Waals surface area contributed by atoms with Crippen LogP contribution in [0.25, 0.3) is 0 Å². The Labute approximate surface area is 92.7 Å². The standard InChI is InChI=1S/C11H14FNO3/c1-6-8(11(15)16)3-7(4-9(6)12)10(14)5-13-2/h3-4,10,13-14H,5H2,1-2H3,(H,15,16). The third kappa shape index (κ3) is 2.56. The molecule has 0 aliphatic rings. The zero-order chi connectivity index (χ0) is 12.3. The Bertz CT molecular complexity index is 406. The SMILES string of the molecule is CNCC(O)c1cc(F)c(C)c(C(=O)O)c1. The van der Waals surface area contributed by atoms with Crippen LogP contribution in [0.1, 0.15) is 27.6 Å². The highest BCUT2D eigenvalue weighted by Crippen LogP contribution is 2.20. The van der Waals surface area contributed by atoms with E-state index in [9.17, 15) is 14.3 Å². The number of benzene rings is 1. The third-order valence-corrected chi connectivity index (χ3v) is 2.38. The molecule has 1 rings (SSSR count). The predicted molar refractivity (Wildman–Crippen MR) is 57.0 cm³/mol. The highest BCUT2D eigenvalue weighted by atomic mass is 19.1. The van der Waals surface area contributed by atoms with Crippen LogP contribution in [-0.2, 0) is 0 Å². The van der Waals surface area contributed by atoms with Gasteiger partial charge in [0.2, 0.25) is 0 Å². The van der Waals surface area contributed by atoms with Crippen LogP contribution in [0.5, 0.6) is 0 Å². The van der Waals surface area contributed by atoms with E-state index in [2.05, 4.69) is 5.32 Å². The lowest BCUT2D eigenvalue weighted by atomic mass is 10.0. The lowest BCUT2D eigenvalue weighted by Crippen LogP contribution is -2.17. The number of aliphatic hydroxyl groups excluding tert-OH is 1. The van der Waals surface area contributed by atoms with Gasteiger partial charge in [-0.15, -0.1) is 0 Å². The van der Waals surface area contributed by atoms with Gasteiger partial charge in [0, 0.05) is 6.54 Å². The van der Waals surface area contributed by atoms with E-state index in [0.29, 0.717) is 0 Å². The van der Waals surface area contributed by atoms with Gasteiger partial charge in [-0.05, 0) is 37.2 Å². The summed E-state index contributed by atoms with van der Waals surface area (Å²) in [6.07, 6.45) is -0.918. The molecule has 5 heteroatoms. The van der Waals surface area contributed by atoms with Crippen molar-refractivity contribution in [3.8, 4) is 0 Å². The number of aliphatic hydroxyl groups is 1. The number of aromatic carboxylic acids is 1. The summed E-state index contributed by atoms with van der Waals surface area (Å²) in [5, 5.41) is 21.2. The van der Waals surface area contributed by atoms with Gasteiger partial charge in [-0.25, -0.2) is 9.18 Å². The van der Waals surface area contributed by atoms with Crippen molar-refractivity contribution in [2.45, 2.75) is 13.0 Å². The number of carboxylic acids is 1. The van der Waals surface area contributed by atoms with Crippen LogP contribution in [0.3, 0.4) is 0 Å². The van der Waals surface area contributed by atoms with Gasteiger partial charge in [0.15, 0.2) is 0 Å². The van der Waals surface area contributed by atoms with Crippen molar-refractivity contribution in [1.82, 2.24) is 5.32 Å². The molecule has 4 nitrogen and oxygen atoms in total. The molecule has 0 fully saturated rings. The average Bonchev–Trinajstić information content (AvgIpc) is 2.21. The van der Waals surface area contributed by atoms with E-state index in [4.69, 9.17) is 5.11 Å². The van der Waals surface area contributed by atoms with E-state index < -0.39 is 17.9 Å². The molecule has 0 radical (unpaired) electrons. The maximum atomic E-state index is 13.4. The average molecular weight is 227 g/mol. The lowest BCUT2D eigenvalue weighted by molar-refractivity contribution is 0.0695. The van der Waals surface area contributed by atoms with E-state index in [0.717, 1.165) is 6.07 Å². The highest BCUT2D eigenvalue weighted by Gasteiger charge is 2.16. The minimum absolute atomic E-state index is 0.0768. The topological polar surface area (TPSA) is 69.6 Å². The van der Waals surface area contributed by atoms with Gasteiger partial charge < -0.3 is 15.5 Å². The normalized spacial score (nSPS) is 12.5. The lowest BCUT2D eigenvalue weighted by Gasteiger charge is -2.12. The van der Waals surface area contributed by atoms with Gasteiger partial charge in [-0.3, -0.25) is 0 Å². The number of rotatable bonds is 4. The first-order valence-corrected chi connectivity index (χ1v) is 4.83. The molecule has 0 saturated heterocycles. The Morgan fingerprint density at radius 1 is 1.56 bits per heavy atom. The number of carbonyl (C=O) groups is 1. The molecule has 0 heterocycles. The molecule has 1 aromatic rings. The van der Waals surface area contributed by atoms with E-state index in [-0.39, 0.29) is 23.2 Å². The van der Waals surface area contributed by atoms with E-state index in [1.807, 2.05) is 0 Å². The monoisotopic (exact) mass is 227 g/mol. The van der Waals surface area contributed by atoms with E-state index in [1.54, 1.807) is 7.05 Å². The quantitative estimate of drug-likeness (QED) is 0.720. The van der Waals surface area contributed by atoms with Gasteiger partial charge in [0.05, 0.1) is 11.7 Å². The summed E-state index contributed by atoms with van der Waals surface area (Å²) in [7, 11) is 1.64. The summed E-state index contributed by atoms with van der Waals surface area (Å²) in [5.41, 5.74) is 0.216. The number of carboxylic acid groups (broad SMARTS) is 1. The van der Waals surface area contributed by atoms with E-state index >= 15 is 0 Å². The summed E-state index contributed by atoms with van der Waals surface area (Å²) >= 11 is 0. The van der Waals surface area contributed by atoms with Crippen LogP contribution in [0.2, 0.25) is 0 Å². The summed E-state index contributed by atoms with van der Waals surface area (Å²) in [5.74, 6) is -1.82. The smallest absolute Gasteiger partial charge is 0.336 e. The minimum atomic E-state index is -1.20. The Morgan fingerprint density at radius 2 is 2.19 bits per heavy atom. The number of likely N-dealkylation sites (N-methyl/N-ethyl adjacent to an activating group) is 1. The molecule has 1 unspecified atom stereocenters. The molecule has 0 aliphatic carbocycles. The molecular formula is C11H14FNO3. The molecule has 0 spiro atoms. The number of hydrogen-bond donors (Lipinski definition) is 3.